The quantitative estimate of drug-likeness (QED) is 0.207. The number of aromatic amines is 1. The second-order valence-corrected chi connectivity index (χ2v) is 9.65. The summed E-state index contributed by atoms with van der Waals surface area (Å²) in [5.41, 5.74) is 9.57. The van der Waals surface area contributed by atoms with Gasteiger partial charge in [-0.15, -0.1) is 0 Å². The molecule has 198 valence electrons. The number of H-pyrrole nitrogens is 1. The van der Waals surface area contributed by atoms with Crippen LogP contribution in [-0.4, -0.2) is 34.2 Å². The lowest BCUT2D eigenvalue weighted by Gasteiger charge is -2.29. The van der Waals surface area contributed by atoms with Crippen LogP contribution in [0.2, 0.25) is 0 Å². The zero-order valence-corrected chi connectivity index (χ0v) is 21.5. The van der Waals surface area contributed by atoms with Crippen LogP contribution < -0.4 is 15.4 Å². The molecule has 3 aromatic carbocycles. The van der Waals surface area contributed by atoms with Crippen LogP contribution >= 0.6 is 0 Å². The number of benzene rings is 3. The summed E-state index contributed by atoms with van der Waals surface area (Å²) in [4.78, 5) is 19.3. The molecule has 1 aliphatic rings. The van der Waals surface area contributed by atoms with Crippen molar-refractivity contribution in [3.63, 3.8) is 0 Å². The van der Waals surface area contributed by atoms with Crippen LogP contribution in [0.4, 0.5) is 15.9 Å². The van der Waals surface area contributed by atoms with Crippen molar-refractivity contribution < 1.29 is 13.9 Å². The Balaban J connectivity index is 1.41. The number of ether oxygens (including phenoxy) is 1. The van der Waals surface area contributed by atoms with Gasteiger partial charge in [-0.25, -0.2) is 14.2 Å². The minimum atomic E-state index is -0.698. The number of aromatic nitrogens is 3. The number of piperidine rings is 1. The average molecular weight is 533 g/mol. The van der Waals surface area contributed by atoms with E-state index in [9.17, 15) is 10.1 Å². The summed E-state index contributed by atoms with van der Waals surface area (Å²) in [6.45, 7) is 2.02. The largest absolute Gasteiger partial charge is 0.423 e. The van der Waals surface area contributed by atoms with E-state index in [-0.39, 0.29) is 34.0 Å². The number of carbonyl (C=O) groups is 1. The lowest BCUT2D eigenvalue weighted by Crippen LogP contribution is -2.29. The van der Waals surface area contributed by atoms with Gasteiger partial charge in [0.15, 0.2) is 5.65 Å². The number of carbonyl (C=O) groups excluding carboxylic acids is 1. The number of nitrogens with one attached hydrogen (secondary N) is 1. The first-order valence-electron chi connectivity index (χ1n) is 13.0. The summed E-state index contributed by atoms with van der Waals surface area (Å²) in [5.74, 6) is -1.000. The molecule has 2 aromatic heterocycles. The number of rotatable bonds is 5. The fourth-order valence-corrected chi connectivity index (χ4v) is 5.15. The maximum Gasteiger partial charge on any atom is 0.343 e. The molecular weight excluding hydrogens is 507 g/mol. The topological polar surface area (TPSA) is 121 Å². The van der Waals surface area contributed by atoms with Crippen molar-refractivity contribution in [2.75, 3.05) is 23.7 Å². The van der Waals surface area contributed by atoms with Crippen molar-refractivity contribution in [3.05, 3.63) is 89.7 Å². The average Bonchev–Trinajstić information content (AvgIpc) is 3.37. The minimum absolute atomic E-state index is 0.0345. The van der Waals surface area contributed by atoms with E-state index in [0.717, 1.165) is 43.2 Å². The summed E-state index contributed by atoms with van der Waals surface area (Å²) < 4.78 is 20.9. The van der Waals surface area contributed by atoms with Crippen molar-refractivity contribution in [2.45, 2.75) is 19.3 Å². The van der Waals surface area contributed by atoms with Crippen molar-refractivity contribution in [1.82, 2.24) is 15.2 Å². The maximum absolute atomic E-state index is 15.5. The Bertz CT molecular complexity index is 1750. The van der Waals surface area contributed by atoms with Crippen molar-refractivity contribution >= 4 is 28.5 Å². The maximum atomic E-state index is 15.5. The smallest absolute Gasteiger partial charge is 0.343 e. The summed E-state index contributed by atoms with van der Waals surface area (Å²) in [6, 6.07) is 22.6. The van der Waals surface area contributed by atoms with Crippen LogP contribution in [0, 0.1) is 17.1 Å². The lowest BCUT2D eigenvalue weighted by molar-refractivity contribution is 0.0734. The first kappa shape index (κ1) is 25.1. The highest BCUT2D eigenvalue weighted by atomic mass is 19.1. The number of halogens is 1. The molecule has 8 nitrogen and oxygen atoms in total. The van der Waals surface area contributed by atoms with Gasteiger partial charge in [-0.1, -0.05) is 30.3 Å². The zero-order chi connectivity index (χ0) is 27.6. The van der Waals surface area contributed by atoms with E-state index in [0.29, 0.717) is 16.5 Å². The molecule has 0 amide bonds. The highest BCUT2D eigenvalue weighted by molar-refractivity contribution is 6.04. The lowest BCUT2D eigenvalue weighted by atomic mass is 9.93. The standard InChI is InChI=1S/C31H25FN6O2/c32-25-17-22(40-31(39)20-7-3-1-4-8-20)13-14-23(25)28-24(18-33)26(27-29(34)36-37-30(27)35-28)19-9-11-21(12-10-19)38-15-5-2-6-16-38/h1,3-4,7-14,17H,2,5-6,15-16H2,(H3,34,35,36,37). The van der Waals surface area contributed by atoms with Gasteiger partial charge in [0.25, 0.3) is 0 Å². The van der Waals surface area contributed by atoms with E-state index < -0.39 is 11.8 Å². The highest BCUT2D eigenvalue weighted by Gasteiger charge is 2.24. The van der Waals surface area contributed by atoms with Gasteiger partial charge in [-0.2, -0.15) is 10.4 Å². The molecule has 0 radical (unpaired) electrons. The molecule has 0 unspecified atom stereocenters. The number of anilines is 2. The third-order valence-electron chi connectivity index (χ3n) is 7.13. The van der Waals surface area contributed by atoms with E-state index in [1.807, 2.05) is 24.3 Å². The van der Waals surface area contributed by atoms with Crippen LogP contribution in [0.3, 0.4) is 0 Å². The van der Waals surface area contributed by atoms with E-state index in [4.69, 9.17) is 10.5 Å². The van der Waals surface area contributed by atoms with Gasteiger partial charge >= 0.3 is 5.97 Å². The number of nitrogens with two attached hydrogens (primary N) is 1. The summed E-state index contributed by atoms with van der Waals surface area (Å²) in [7, 11) is 0. The van der Waals surface area contributed by atoms with Gasteiger partial charge in [-0.05, 0) is 61.2 Å². The van der Waals surface area contributed by atoms with E-state index >= 15 is 4.39 Å². The first-order chi connectivity index (χ1) is 19.5. The predicted octanol–water partition coefficient (Wildman–Crippen LogP) is 6.09. The number of pyridine rings is 1. The van der Waals surface area contributed by atoms with Gasteiger partial charge in [0.2, 0.25) is 0 Å². The van der Waals surface area contributed by atoms with Gasteiger partial charge < -0.3 is 15.4 Å². The Morgan fingerprint density at radius 2 is 1.77 bits per heavy atom. The Hall–Kier alpha value is -5.23. The molecule has 1 saturated heterocycles. The Labute approximate surface area is 229 Å². The first-order valence-corrected chi connectivity index (χ1v) is 13.0. The van der Waals surface area contributed by atoms with Crippen LogP contribution in [0.15, 0.2) is 72.8 Å². The van der Waals surface area contributed by atoms with Crippen LogP contribution in [0.25, 0.3) is 33.4 Å². The normalized spacial score (nSPS) is 13.2. The van der Waals surface area contributed by atoms with E-state index in [1.54, 1.807) is 30.3 Å². The van der Waals surface area contributed by atoms with E-state index in [2.05, 4.69) is 26.2 Å². The molecular formula is C31H25FN6O2. The second kappa shape index (κ2) is 10.5. The molecule has 0 saturated carbocycles. The van der Waals surface area contributed by atoms with Gasteiger partial charge in [-0.3, -0.25) is 5.10 Å². The molecule has 5 aromatic rings. The van der Waals surface area contributed by atoms with Crippen LogP contribution in [0.5, 0.6) is 5.75 Å². The van der Waals surface area contributed by atoms with E-state index in [1.165, 1.54) is 18.6 Å². The van der Waals surface area contributed by atoms with Gasteiger partial charge in [0.1, 0.15) is 23.5 Å². The molecule has 0 aliphatic carbocycles. The number of nitrogens with zero attached hydrogens (tertiary/aromatic N) is 4. The number of nitrogen functional groups attached to an aromatic ring is 1. The molecule has 40 heavy (non-hydrogen) atoms. The zero-order valence-electron chi connectivity index (χ0n) is 21.5. The summed E-state index contributed by atoms with van der Waals surface area (Å²) in [5, 5.41) is 17.7. The molecule has 9 heteroatoms. The van der Waals surface area contributed by atoms with Gasteiger partial charge in [0.05, 0.1) is 22.2 Å². The summed E-state index contributed by atoms with van der Waals surface area (Å²) in [6.07, 6.45) is 3.57. The Kier molecular flexibility index (Phi) is 6.58. The number of hydrogen-bond donors (Lipinski definition) is 2. The van der Waals surface area contributed by atoms with Crippen molar-refractivity contribution in [2.24, 2.45) is 0 Å². The predicted molar refractivity (Wildman–Crippen MR) is 151 cm³/mol. The number of esters is 1. The number of hydrogen-bond acceptors (Lipinski definition) is 7. The third-order valence-corrected chi connectivity index (χ3v) is 7.13. The molecule has 6 rings (SSSR count). The van der Waals surface area contributed by atoms with Crippen LogP contribution in [0.1, 0.15) is 35.2 Å². The molecule has 1 aliphatic heterocycles. The third kappa shape index (κ3) is 4.60. The molecule has 0 spiro atoms. The monoisotopic (exact) mass is 532 g/mol. The number of fused-ring (bicyclic) bond motifs is 1. The Morgan fingerprint density at radius 3 is 2.48 bits per heavy atom. The van der Waals surface area contributed by atoms with Crippen molar-refractivity contribution in [3.8, 4) is 34.2 Å². The SMILES string of the molecule is N#Cc1c(-c2ccc(OC(=O)c3ccccc3)cc2F)nc2n[nH]c(N)c2c1-c1ccc(N2CCCCC2)cc1. The molecule has 0 bridgehead atoms. The fraction of sp³-hybridized carbons (Fsp3) is 0.161. The molecule has 0 atom stereocenters. The number of nitriles is 1. The molecule has 3 N–H and O–H groups in total. The second-order valence-electron chi connectivity index (χ2n) is 9.65. The highest BCUT2D eigenvalue weighted by Crippen LogP contribution is 2.40. The summed E-state index contributed by atoms with van der Waals surface area (Å²) >= 11 is 0. The minimum Gasteiger partial charge on any atom is -0.423 e. The molecule has 3 heterocycles. The Morgan fingerprint density at radius 1 is 1.02 bits per heavy atom. The molecule has 1 fully saturated rings. The van der Waals surface area contributed by atoms with Crippen molar-refractivity contribution in [1.29, 1.82) is 5.26 Å². The van der Waals surface area contributed by atoms with Gasteiger partial charge in [0, 0.05) is 36.0 Å². The van der Waals surface area contributed by atoms with Crippen LogP contribution in [-0.2, 0) is 0 Å². The fourth-order valence-electron chi connectivity index (χ4n) is 5.15.